The Morgan fingerprint density at radius 1 is 1.54 bits per heavy atom. The molecule has 24 heavy (non-hydrogen) atoms. The molecule has 0 radical (unpaired) electrons. The van der Waals surface area contributed by atoms with Crippen molar-refractivity contribution in [1.82, 2.24) is 4.90 Å². The van der Waals surface area contributed by atoms with Crippen LogP contribution in [0.2, 0.25) is 0 Å². The van der Waals surface area contributed by atoms with Crippen LogP contribution in [0.5, 0.6) is 0 Å². The van der Waals surface area contributed by atoms with E-state index in [-0.39, 0.29) is 23.0 Å². The average molecular weight is 336 g/mol. The molecule has 0 aromatic heterocycles. The summed E-state index contributed by atoms with van der Waals surface area (Å²) in [5.74, 6) is -0.243. The summed E-state index contributed by atoms with van der Waals surface area (Å²) in [5, 5.41) is 14.3. The number of nitrogens with two attached hydrogens (primary N) is 1. The van der Waals surface area contributed by atoms with Crippen LogP contribution in [0.4, 0.5) is 11.4 Å². The largest absolute Gasteiger partial charge is 0.377 e. The van der Waals surface area contributed by atoms with E-state index in [2.05, 4.69) is 24.1 Å². The van der Waals surface area contributed by atoms with Crippen molar-refractivity contribution in [3.05, 3.63) is 33.9 Å². The number of carbonyl (C=O) groups excluding carboxylic acids is 1. The van der Waals surface area contributed by atoms with Gasteiger partial charge in [-0.25, -0.2) is 0 Å². The fourth-order valence-electron chi connectivity index (χ4n) is 2.89. The smallest absolute Gasteiger partial charge is 0.305 e. The zero-order chi connectivity index (χ0) is 17.7. The van der Waals surface area contributed by atoms with Crippen molar-refractivity contribution in [3.63, 3.8) is 0 Å². The Labute approximate surface area is 141 Å². The van der Waals surface area contributed by atoms with Crippen LogP contribution in [0, 0.1) is 16.0 Å². The van der Waals surface area contributed by atoms with Crippen molar-refractivity contribution >= 4 is 17.3 Å². The fourth-order valence-corrected chi connectivity index (χ4v) is 2.89. The van der Waals surface area contributed by atoms with Gasteiger partial charge in [-0.1, -0.05) is 19.9 Å². The molecule has 1 amide bonds. The molecule has 1 atom stereocenters. The highest BCUT2D eigenvalue weighted by Crippen LogP contribution is 2.28. The van der Waals surface area contributed by atoms with Gasteiger partial charge in [-0.05, 0) is 18.1 Å². The normalized spacial score (nSPS) is 18.5. The summed E-state index contributed by atoms with van der Waals surface area (Å²) in [6, 6.07) is 4.49. The van der Waals surface area contributed by atoms with E-state index >= 15 is 0 Å². The maximum absolute atomic E-state index is 11.4. The van der Waals surface area contributed by atoms with Crippen LogP contribution in [0.25, 0.3) is 0 Å². The quantitative estimate of drug-likeness (QED) is 0.576. The van der Waals surface area contributed by atoms with Crippen molar-refractivity contribution in [2.45, 2.75) is 20.0 Å². The van der Waals surface area contributed by atoms with Crippen LogP contribution in [0.1, 0.15) is 24.2 Å². The van der Waals surface area contributed by atoms with Crippen LogP contribution in [-0.2, 0) is 4.74 Å². The minimum absolute atomic E-state index is 0.0608. The lowest BCUT2D eigenvalue weighted by atomic mass is 10.1. The van der Waals surface area contributed by atoms with E-state index in [0.29, 0.717) is 19.1 Å². The SMILES string of the molecule is CC(C)CN1CCO[C@@H](CNc2cccc(C(N)=O)c2[N+](=O)[O-])C1. The summed E-state index contributed by atoms with van der Waals surface area (Å²) in [7, 11) is 0. The Balaban J connectivity index is 2.05. The first kappa shape index (κ1) is 18.2. The minimum atomic E-state index is -0.817. The molecule has 132 valence electrons. The van der Waals surface area contributed by atoms with Crippen molar-refractivity contribution < 1.29 is 14.5 Å². The van der Waals surface area contributed by atoms with Gasteiger partial charge in [0, 0.05) is 26.2 Å². The molecule has 8 heteroatoms. The molecule has 8 nitrogen and oxygen atoms in total. The number of anilines is 1. The summed E-state index contributed by atoms with van der Waals surface area (Å²) < 4.78 is 5.72. The number of primary amides is 1. The number of para-hydroxylation sites is 1. The monoisotopic (exact) mass is 336 g/mol. The molecule has 1 fully saturated rings. The standard InChI is InChI=1S/C16H24N4O4/c1-11(2)9-19-6-7-24-12(10-19)8-18-14-5-3-4-13(16(17)21)15(14)20(22)23/h3-5,11-12,18H,6-10H2,1-2H3,(H2,17,21)/t12-/m0/s1. The van der Waals surface area contributed by atoms with E-state index in [4.69, 9.17) is 10.5 Å². The van der Waals surface area contributed by atoms with Crippen LogP contribution in [0.3, 0.4) is 0 Å². The third-order valence-corrected chi connectivity index (χ3v) is 3.85. The van der Waals surface area contributed by atoms with Gasteiger partial charge in [-0.15, -0.1) is 0 Å². The molecular weight excluding hydrogens is 312 g/mol. The number of morpholine rings is 1. The van der Waals surface area contributed by atoms with Crippen molar-refractivity contribution in [2.75, 3.05) is 38.1 Å². The molecule has 0 spiro atoms. The lowest BCUT2D eigenvalue weighted by Gasteiger charge is -2.34. The van der Waals surface area contributed by atoms with Crippen LogP contribution >= 0.6 is 0 Å². The predicted molar refractivity (Wildman–Crippen MR) is 91.1 cm³/mol. The third-order valence-electron chi connectivity index (χ3n) is 3.85. The number of carbonyl (C=O) groups is 1. The first-order valence-corrected chi connectivity index (χ1v) is 8.03. The lowest BCUT2D eigenvalue weighted by Crippen LogP contribution is -2.46. The highest BCUT2D eigenvalue weighted by atomic mass is 16.6. The second-order valence-electron chi connectivity index (χ2n) is 6.35. The number of benzene rings is 1. The van der Waals surface area contributed by atoms with Crippen molar-refractivity contribution in [2.24, 2.45) is 11.7 Å². The maximum atomic E-state index is 11.4. The number of ether oxygens (including phenoxy) is 1. The molecule has 1 heterocycles. The fraction of sp³-hybridized carbons (Fsp3) is 0.562. The van der Waals surface area contributed by atoms with E-state index in [1.807, 2.05) is 0 Å². The summed E-state index contributed by atoms with van der Waals surface area (Å²) in [6.07, 6.45) is -0.0608. The molecule has 1 aromatic carbocycles. The number of nitro benzene ring substituents is 1. The van der Waals surface area contributed by atoms with Crippen LogP contribution in [-0.4, -0.2) is 54.6 Å². The van der Waals surface area contributed by atoms with Crippen LogP contribution in [0.15, 0.2) is 18.2 Å². The predicted octanol–water partition coefficient (Wildman–Crippen LogP) is 1.46. The number of nitrogens with zero attached hydrogens (tertiary/aromatic N) is 2. The Bertz CT molecular complexity index is 606. The molecule has 1 aliphatic rings. The summed E-state index contributed by atoms with van der Waals surface area (Å²) in [4.78, 5) is 24.4. The van der Waals surface area contributed by atoms with Gasteiger partial charge in [0.2, 0.25) is 0 Å². The average Bonchev–Trinajstić information content (AvgIpc) is 2.52. The van der Waals surface area contributed by atoms with Crippen molar-refractivity contribution in [1.29, 1.82) is 0 Å². The number of hydrogen-bond donors (Lipinski definition) is 2. The third kappa shape index (κ3) is 4.65. The summed E-state index contributed by atoms with van der Waals surface area (Å²) >= 11 is 0. The Kier molecular flexibility index (Phi) is 6.10. The topological polar surface area (TPSA) is 111 Å². The van der Waals surface area contributed by atoms with Gasteiger partial charge in [-0.3, -0.25) is 19.8 Å². The molecule has 0 unspecified atom stereocenters. The second-order valence-corrected chi connectivity index (χ2v) is 6.35. The second kappa shape index (κ2) is 8.07. The van der Waals surface area contributed by atoms with Gasteiger partial charge in [0.1, 0.15) is 11.3 Å². The number of nitrogens with one attached hydrogen (secondary N) is 1. The van der Waals surface area contributed by atoms with E-state index in [1.165, 1.54) is 6.07 Å². The van der Waals surface area contributed by atoms with E-state index < -0.39 is 10.8 Å². The Hall–Kier alpha value is -2.19. The van der Waals surface area contributed by atoms with Gasteiger partial charge in [0.25, 0.3) is 5.91 Å². The molecular formula is C16H24N4O4. The van der Waals surface area contributed by atoms with Gasteiger partial charge < -0.3 is 15.8 Å². The first-order valence-electron chi connectivity index (χ1n) is 8.03. The molecule has 0 bridgehead atoms. The van der Waals surface area contributed by atoms with Crippen LogP contribution < -0.4 is 11.1 Å². The molecule has 1 saturated heterocycles. The zero-order valence-corrected chi connectivity index (χ0v) is 14.0. The molecule has 1 aromatic rings. The van der Waals surface area contributed by atoms with Gasteiger partial charge in [0.15, 0.2) is 0 Å². The van der Waals surface area contributed by atoms with Gasteiger partial charge in [-0.2, -0.15) is 0 Å². The highest BCUT2D eigenvalue weighted by Gasteiger charge is 2.25. The van der Waals surface area contributed by atoms with E-state index in [1.54, 1.807) is 12.1 Å². The number of hydrogen-bond acceptors (Lipinski definition) is 6. The first-order chi connectivity index (χ1) is 11.4. The van der Waals surface area contributed by atoms with Gasteiger partial charge in [0.05, 0.1) is 17.6 Å². The zero-order valence-electron chi connectivity index (χ0n) is 14.0. The minimum Gasteiger partial charge on any atom is -0.377 e. The molecule has 1 aliphatic heterocycles. The summed E-state index contributed by atoms with van der Waals surface area (Å²) in [6.45, 7) is 8.07. The van der Waals surface area contributed by atoms with Crippen molar-refractivity contribution in [3.8, 4) is 0 Å². The molecule has 0 saturated carbocycles. The van der Waals surface area contributed by atoms with E-state index in [0.717, 1.165) is 19.6 Å². The molecule has 0 aliphatic carbocycles. The maximum Gasteiger partial charge on any atom is 0.305 e. The summed E-state index contributed by atoms with van der Waals surface area (Å²) in [5.41, 5.74) is 5.11. The number of rotatable bonds is 7. The molecule has 3 N–H and O–H groups in total. The van der Waals surface area contributed by atoms with E-state index in [9.17, 15) is 14.9 Å². The molecule has 2 rings (SSSR count). The number of amides is 1. The van der Waals surface area contributed by atoms with Gasteiger partial charge >= 0.3 is 5.69 Å². The Morgan fingerprint density at radius 3 is 2.92 bits per heavy atom. The lowest BCUT2D eigenvalue weighted by molar-refractivity contribution is -0.384. The highest BCUT2D eigenvalue weighted by molar-refractivity contribution is 5.99. The number of nitro groups is 1. The Morgan fingerprint density at radius 2 is 2.29 bits per heavy atom.